The molecule has 0 bridgehead atoms. The Balaban J connectivity index is 1.83. The number of halogens is 3. The molecule has 2 aliphatic heterocycles. The van der Waals surface area contributed by atoms with Crippen LogP contribution in [0.25, 0.3) is 22.2 Å². The Kier molecular flexibility index (Phi) is 4.42. The molecule has 2 aliphatic rings. The van der Waals surface area contributed by atoms with Crippen LogP contribution >= 0.6 is 34.8 Å². The first-order valence-corrected chi connectivity index (χ1v) is 10.4. The number of amides is 1. The predicted molar refractivity (Wildman–Crippen MR) is 115 cm³/mol. The number of hydrogen-bond acceptors (Lipinski definition) is 3. The number of fused-ring (bicyclic) bond motifs is 3. The van der Waals surface area contributed by atoms with Crippen LogP contribution in [0.4, 0.5) is 11.6 Å². The van der Waals surface area contributed by atoms with Crippen molar-refractivity contribution in [3.05, 3.63) is 39.3 Å². The maximum absolute atomic E-state index is 12.6. The molecule has 1 saturated heterocycles. The second-order valence-corrected chi connectivity index (χ2v) is 8.32. The zero-order valence-corrected chi connectivity index (χ0v) is 17.2. The van der Waals surface area contributed by atoms with Gasteiger partial charge in [0.25, 0.3) is 0 Å². The summed E-state index contributed by atoms with van der Waals surface area (Å²) in [6.07, 6.45) is 2.40. The minimum absolute atomic E-state index is 0.121. The first-order valence-electron chi connectivity index (χ1n) is 9.27. The summed E-state index contributed by atoms with van der Waals surface area (Å²) in [6, 6.07) is 7.29. The molecule has 5 nitrogen and oxygen atoms in total. The van der Waals surface area contributed by atoms with E-state index in [2.05, 4.69) is 9.88 Å². The Morgan fingerprint density at radius 3 is 2.64 bits per heavy atom. The van der Waals surface area contributed by atoms with Crippen LogP contribution in [0.5, 0.6) is 0 Å². The van der Waals surface area contributed by atoms with Gasteiger partial charge in [-0.1, -0.05) is 40.9 Å². The molecule has 3 aromatic rings. The van der Waals surface area contributed by atoms with Gasteiger partial charge in [-0.25, -0.2) is 4.98 Å². The monoisotopic (exact) mass is 434 g/mol. The van der Waals surface area contributed by atoms with Crippen LogP contribution in [0.3, 0.4) is 0 Å². The SMILES string of the molecule is O=C1CCCN1c1cc(-c2ccc(Cl)cc2Cl)c(Cl)c2nc3n(c12)CCCN3. The van der Waals surface area contributed by atoms with Crippen LogP contribution in [0.15, 0.2) is 24.3 Å². The molecule has 28 heavy (non-hydrogen) atoms. The summed E-state index contributed by atoms with van der Waals surface area (Å²) in [5, 5.41) is 4.93. The standard InChI is InChI=1S/C20H17Cl3N4O/c21-11-4-5-12(14(22)9-11)13-10-15(26-7-1-3-16(26)28)19-18(17(13)23)25-20-24-6-2-8-27(19)20/h4-5,9-10H,1-3,6-8H2,(H,24,25). The molecule has 0 spiro atoms. The molecule has 2 aromatic carbocycles. The van der Waals surface area contributed by atoms with Crippen LogP contribution in [0.2, 0.25) is 15.1 Å². The van der Waals surface area contributed by atoms with E-state index >= 15 is 0 Å². The van der Waals surface area contributed by atoms with Crippen molar-refractivity contribution in [1.29, 1.82) is 0 Å². The second-order valence-electron chi connectivity index (χ2n) is 7.09. The summed E-state index contributed by atoms with van der Waals surface area (Å²) in [6.45, 7) is 2.40. The summed E-state index contributed by atoms with van der Waals surface area (Å²) >= 11 is 19.4. The van der Waals surface area contributed by atoms with Gasteiger partial charge in [0.2, 0.25) is 11.9 Å². The van der Waals surface area contributed by atoms with Crippen LogP contribution in [0, 0.1) is 0 Å². The van der Waals surface area contributed by atoms with E-state index in [0.29, 0.717) is 33.6 Å². The van der Waals surface area contributed by atoms with Gasteiger partial charge in [-0.15, -0.1) is 0 Å². The number of aromatic nitrogens is 2. The second kappa shape index (κ2) is 6.83. The van der Waals surface area contributed by atoms with Crippen LogP contribution in [0.1, 0.15) is 19.3 Å². The third-order valence-electron chi connectivity index (χ3n) is 5.36. The number of hydrogen-bond donors (Lipinski definition) is 1. The molecule has 8 heteroatoms. The van der Waals surface area contributed by atoms with Gasteiger partial charge in [0.15, 0.2) is 0 Å². The van der Waals surface area contributed by atoms with Crippen molar-refractivity contribution in [1.82, 2.24) is 9.55 Å². The summed E-state index contributed by atoms with van der Waals surface area (Å²) in [5.41, 5.74) is 3.94. The van der Waals surface area contributed by atoms with Crippen molar-refractivity contribution in [3.63, 3.8) is 0 Å². The molecule has 0 unspecified atom stereocenters. The number of carbonyl (C=O) groups is 1. The van der Waals surface area contributed by atoms with E-state index in [1.807, 2.05) is 17.0 Å². The Bertz CT molecular complexity index is 1120. The van der Waals surface area contributed by atoms with Crippen LogP contribution < -0.4 is 10.2 Å². The topological polar surface area (TPSA) is 50.2 Å². The van der Waals surface area contributed by atoms with Gasteiger partial charge in [-0.2, -0.15) is 0 Å². The van der Waals surface area contributed by atoms with Gasteiger partial charge in [-0.3, -0.25) is 4.79 Å². The van der Waals surface area contributed by atoms with Gasteiger partial charge in [0, 0.05) is 47.2 Å². The minimum Gasteiger partial charge on any atom is -0.356 e. The third-order valence-corrected chi connectivity index (χ3v) is 6.29. The maximum Gasteiger partial charge on any atom is 0.227 e. The lowest BCUT2D eigenvalue weighted by molar-refractivity contribution is -0.117. The number of anilines is 2. The molecule has 1 aromatic heterocycles. The zero-order chi connectivity index (χ0) is 19.4. The Labute approximate surface area is 177 Å². The van der Waals surface area contributed by atoms with Crippen molar-refractivity contribution < 1.29 is 4.79 Å². The average Bonchev–Trinajstić information content (AvgIpc) is 3.27. The fourth-order valence-corrected chi connectivity index (χ4v) is 4.86. The zero-order valence-electron chi connectivity index (χ0n) is 14.9. The highest BCUT2D eigenvalue weighted by Gasteiger charge is 2.29. The molecule has 1 N–H and O–H groups in total. The van der Waals surface area contributed by atoms with Crippen molar-refractivity contribution in [3.8, 4) is 11.1 Å². The Hall–Kier alpha value is -1.95. The Morgan fingerprint density at radius 2 is 1.89 bits per heavy atom. The summed E-state index contributed by atoms with van der Waals surface area (Å²) in [4.78, 5) is 19.2. The van der Waals surface area contributed by atoms with Gasteiger partial charge in [0.1, 0.15) is 5.52 Å². The van der Waals surface area contributed by atoms with Gasteiger partial charge in [0.05, 0.1) is 16.2 Å². The quantitative estimate of drug-likeness (QED) is 0.569. The minimum atomic E-state index is 0.121. The Morgan fingerprint density at radius 1 is 1.04 bits per heavy atom. The van der Waals surface area contributed by atoms with Crippen molar-refractivity contribution in [2.75, 3.05) is 23.3 Å². The molecule has 0 aliphatic carbocycles. The van der Waals surface area contributed by atoms with Crippen LogP contribution in [-0.4, -0.2) is 28.5 Å². The summed E-state index contributed by atoms with van der Waals surface area (Å²) in [7, 11) is 0. The summed E-state index contributed by atoms with van der Waals surface area (Å²) < 4.78 is 2.12. The van der Waals surface area contributed by atoms with E-state index in [4.69, 9.17) is 39.8 Å². The smallest absolute Gasteiger partial charge is 0.227 e. The van der Waals surface area contributed by atoms with Gasteiger partial charge < -0.3 is 14.8 Å². The highest BCUT2D eigenvalue weighted by atomic mass is 35.5. The van der Waals surface area contributed by atoms with E-state index in [1.165, 1.54) is 0 Å². The lowest BCUT2D eigenvalue weighted by Gasteiger charge is -2.22. The highest BCUT2D eigenvalue weighted by molar-refractivity contribution is 6.41. The van der Waals surface area contributed by atoms with Crippen LogP contribution in [-0.2, 0) is 11.3 Å². The normalized spacial score (nSPS) is 16.5. The fraction of sp³-hybridized carbons (Fsp3) is 0.300. The lowest BCUT2D eigenvalue weighted by Crippen LogP contribution is -2.25. The number of rotatable bonds is 2. The molecule has 0 radical (unpaired) electrons. The largest absolute Gasteiger partial charge is 0.356 e. The number of aryl methyl sites for hydroxylation is 1. The van der Waals surface area contributed by atoms with Gasteiger partial charge >= 0.3 is 0 Å². The average molecular weight is 436 g/mol. The number of nitrogens with zero attached hydrogens (tertiary/aromatic N) is 3. The van der Waals surface area contributed by atoms with E-state index in [0.717, 1.165) is 54.2 Å². The van der Waals surface area contributed by atoms with Crippen molar-refractivity contribution >= 4 is 63.4 Å². The van der Waals surface area contributed by atoms with E-state index < -0.39 is 0 Å². The predicted octanol–water partition coefficient (Wildman–Crippen LogP) is 5.61. The number of nitrogens with one attached hydrogen (secondary N) is 1. The molecule has 5 rings (SSSR count). The van der Waals surface area contributed by atoms with Gasteiger partial charge in [-0.05, 0) is 31.0 Å². The molecular formula is C20H17Cl3N4O. The number of imidazole rings is 1. The van der Waals surface area contributed by atoms with E-state index in [9.17, 15) is 4.79 Å². The maximum atomic E-state index is 12.6. The number of benzene rings is 2. The third kappa shape index (κ3) is 2.76. The van der Waals surface area contributed by atoms with E-state index in [1.54, 1.807) is 12.1 Å². The first-order chi connectivity index (χ1) is 13.5. The molecule has 0 saturated carbocycles. The molecule has 0 atom stereocenters. The molecule has 3 heterocycles. The fourth-order valence-electron chi connectivity index (χ4n) is 4.06. The number of carbonyl (C=O) groups excluding carboxylic acids is 1. The molecular weight excluding hydrogens is 419 g/mol. The molecule has 144 valence electrons. The molecule has 1 amide bonds. The highest BCUT2D eigenvalue weighted by Crippen LogP contribution is 2.44. The van der Waals surface area contributed by atoms with Crippen molar-refractivity contribution in [2.45, 2.75) is 25.8 Å². The summed E-state index contributed by atoms with van der Waals surface area (Å²) in [5.74, 6) is 0.909. The molecule has 1 fully saturated rings. The lowest BCUT2D eigenvalue weighted by atomic mass is 10.0. The van der Waals surface area contributed by atoms with E-state index in [-0.39, 0.29) is 5.91 Å². The first kappa shape index (κ1) is 18.1. The van der Waals surface area contributed by atoms with Crippen molar-refractivity contribution in [2.24, 2.45) is 0 Å².